The van der Waals surface area contributed by atoms with Crippen molar-refractivity contribution >= 4 is 29.3 Å². The van der Waals surface area contributed by atoms with Gasteiger partial charge in [0.15, 0.2) is 6.61 Å². The van der Waals surface area contributed by atoms with E-state index in [9.17, 15) is 24.3 Å². The largest absolute Gasteiger partial charge is 0.480 e. The molecule has 0 unspecified atom stereocenters. The van der Waals surface area contributed by atoms with E-state index >= 15 is 0 Å². The number of nitrogens with zero attached hydrogens (tertiary/aromatic N) is 1. The van der Waals surface area contributed by atoms with Crippen LogP contribution in [0.1, 0.15) is 105 Å². The molecule has 0 aromatic carbocycles. The van der Waals surface area contributed by atoms with Gasteiger partial charge in [-0.05, 0) is 106 Å². The van der Waals surface area contributed by atoms with Crippen LogP contribution in [0.15, 0.2) is 16.8 Å². The molecule has 228 valence electrons. The Morgan fingerprint density at radius 1 is 1.07 bits per heavy atom. The zero-order valence-electron chi connectivity index (χ0n) is 25.5. The third kappa shape index (κ3) is 6.38. The van der Waals surface area contributed by atoms with Crippen LogP contribution in [0.4, 0.5) is 0 Å². The van der Waals surface area contributed by atoms with Gasteiger partial charge in [0.05, 0.1) is 5.71 Å². The Morgan fingerprint density at radius 2 is 1.83 bits per heavy atom. The average Bonchev–Trinajstić information content (AvgIpc) is 3.28. The summed E-state index contributed by atoms with van der Waals surface area (Å²) in [6.45, 7) is 9.73. The summed E-state index contributed by atoms with van der Waals surface area (Å²) in [4.78, 5) is 53.9. The standard InChI is InChI=1S/C32H49N3O6/c1-6-7-8-27(30(39)40)34-29(38)19(2)33-28(37)18-41-35-22-13-15-31(4)21(17-22)9-10-23-25-12-11-24(20(3)36)32(25,5)16-14-26(23)31/h17,19,23-27H,6-16,18H2,1-5H3,(H,33,37)(H,34,38)(H,39,40)/t19-,23+,24-,25+,26+,27-,31+,32-/m1/s1. The second-order valence-corrected chi connectivity index (χ2v) is 13.5. The SMILES string of the molecule is CCCC[C@@H](NC(=O)[C@@H](C)NC(=O)CON=C1C=C2CC[C@H]3[C@@H]4CC[C@H](C(C)=O)[C@@]4(C)CC[C@@H]3[C@@]2(C)CC1)C(=O)O. The van der Waals surface area contributed by atoms with Gasteiger partial charge in [0.25, 0.3) is 5.91 Å². The highest BCUT2D eigenvalue weighted by molar-refractivity contribution is 5.96. The third-order valence-corrected chi connectivity index (χ3v) is 11.1. The van der Waals surface area contributed by atoms with Gasteiger partial charge in [-0.25, -0.2) is 4.79 Å². The molecule has 3 fully saturated rings. The monoisotopic (exact) mass is 571 g/mol. The number of oxime groups is 1. The molecule has 4 aliphatic rings. The molecule has 0 radical (unpaired) electrons. The van der Waals surface area contributed by atoms with Crippen LogP contribution in [0.5, 0.6) is 0 Å². The van der Waals surface area contributed by atoms with E-state index in [4.69, 9.17) is 4.84 Å². The number of unbranched alkanes of at least 4 members (excludes halogenated alkanes) is 1. The quantitative estimate of drug-likeness (QED) is 0.305. The van der Waals surface area contributed by atoms with Crippen LogP contribution >= 0.6 is 0 Å². The van der Waals surface area contributed by atoms with Crippen molar-refractivity contribution in [2.45, 2.75) is 117 Å². The number of allylic oxidation sites excluding steroid dienone is 2. The molecule has 0 aromatic heterocycles. The first kappa shape index (κ1) is 31.2. The number of hydrogen-bond donors (Lipinski definition) is 3. The predicted molar refractivity (Wildman–Crippen MR) is 156 cm³/mol. The zero-order chi connectivity index (χ0) is 29.9. The van der Waals surface area contributed by atoms with Gasteiger partial charge in [-0.15, -0.1) is 0 Å². The van der Waals surface area contributed by atoms with E-state index < -0.39 is 29.9 Å². The van der Waals surface area contributed by atoms with Gasteiger partial charge < -0.3 is 20.6 Å². The van der Waals surface area contributed by atoms with Crippen LogP contribution in [0.25, 0.3) is 0 Å². The van der Waals surface area contributed by atoms with Gasteiger partial charge in [-0.1, -0.05) is 44.3 Å². The molecule has 0 aliphatic heterocycles. The number of carboxylic acid groups (broad SMARTS) is 1. The van der Waals surface area contributed by atoms with Crippen molar-refractivity contribution in [3.63, 3.8) is 0 Å². The summed E-state index contributed by atoms with van der Waals surface area (Å²) in [5.74, 6) is 0.427. The first-order chi connectivity index (χ1) is 19.4. The normalized spacial score (nSPS) is 34.8. The maximum atomic E-state index is 12.4. The Balaban J connectivity index is 1.30. The van der Waals surface area contributed by atoms with Crippen LogP contribution in [0.2, 0.25) is 0 Å². The van der Waals surface area contributed by atoms with E-state index in [1.807, 2.05) is 6.92 Å². The highest BCUT2D eigenvalue weighted by Crippen LogP contribution is 2.66. The van der Waals surface area contributed by atoms with Crippen molar-refractivity contribution in [1.29, 1.82) is 0 Å². The fourth-order valence-corrected chi connectivity index (χ4v) is 8.80. The van der Waals surface area contributed by atoms with Gasteiger partial charge in [-0.2, -0.15) is 0 Å². The molecule has 8 atom stereocenters. The van der Waals surface area contributed by atoms with Crippen molar-refractivity contribution < 1.29 is 29.1 Å². The lowest BCUT2D eigenvalue weighted by molar-refractivity contribution is -0.142. The van der Waals surface area contributed by atoms with E-state index in [2.05, 4.69) is 35.7 Å². The molecule has 0 bridgehead atoms. The second-order valence-electron chi connectivity index (χ2n) is 13.5. The molecule has 9 heteroatoms. The van der Waals surface area contributed by atoms with Crippen LogP contribution in [0.3, 0.4) is 0 Å². The number of aliphatic carboxylic acids is 1. The number of ketones is 1. The number of amides is 2. The average molecular weight is 572 g/mol. The maximum absolute atomic E-state index is 12.4. The lowest BCUT2D eigenvalue weighted by atomic mass is 9.46. The molecule has 9 nitrogen and oxygen atoms in total. The van der Waals surface area contributed by atoms with Crippen molar-refractivity contribution in [3.05, 3.63) is 11.6 Å². The van der Waals surface area contributed by atoms with Gasteiger partial charge >= 0.3 is 5.97 Å². The summed E-state index contributed by atoms with van der Waals surface area (Å²) < 4.78 is 0. The van der Waals surface area contributed by atoms with Gasteiger partial charge in [-0.3, -0.25) is 14.4 Å². The summed E-state index contributed by atoms with van der Waals surface area (Å²) in [5.41, 5.74) is 2.57. The number of nitrogens with one attached hydrogen (secondary N) is 2. The Kier molecular flexibility index (Phi) is 9.64. The number of carboxylic acids is 1. The topological polar surface area (TPSA) is 134 Å². The minimum atomic E-state index is -1.09. The number of carbonyl (C=O) groups excluding carboxylic acids is 3. The zero-order valence-corrected chi connectivity index (χ0v) is 25.5. The fourth-order valence-electron chi connectivity index (χ4n) is 8.80. The molecular formula is C32H49N3O6. The van der Waals surface area contributed by atoms with Gasteiger partial charge in [0.2, 0.25) is 5.91 Å². The van der Waals surface area contributed by atoms with Gasteiger partial charge in [0.1, 0.15) is 17.9 Å². The van der Waals surface area contributed by atoms with E-state index in [-0.39, 0.29) is 23.4 Å². The summed E-state index contributed by atoms with van der Waals surface area (Å²) >= 11 is 0. The number of rotatable bonds is 11. The lowest BCUT2D eigenvalue weighted by Gasteiger charge is -2.58. The molecule has 4 rings (SSSR count). The lowest BCUT2D eigenvalue weighted by Crippen LogP contribution is -2.51. The smallest absolute Gasteiger partial charge is 0.326 e. The second kappa shape index (κ2) is 12.7. The number of carbonyl (C=O) groups is 4. The fraction of sp³-hybridized carbons (Fsp3) is 0.781. The van der Waals surface area contributed by atoms with Crippen LogP contribution < -0.4 is 10.6 Å². The maximum Gasteiger partial charge on any atom is 0.326 e. The molecule has 4 aliphatic carbocycles. The summed E-state index contributed by atoms with van der Waals surface area (Å²) in [7, 11) is 0. The molecule has 3 N–H and O–H groups in total. The Hall–Kier alpha value is -2.71. The van der Waals surface area contributed by atoms with Crippen molar-refractivity contribution in [2.24, 2.45) is 39.7 Å². The molecule has 3 saturated carbocycles. The molecule has 41 heavy (non-hydrogen) atoms. The molecule has 0 heterocycles. The predicted octanol–water partition coefficient (Wildman–Crippen LogP) is 4.79. The molecule has 0 spiro atoms. The molecule has 2 amide bonds. The van der Waals surface area contributed by atoms with Crippen molar-refractivity contribution in [3.8, 4) is 0 Å². The number of fused-ring (bicyclic) bond motifs is 5. The summed E-state index contributed by atoms with van der Waals surface area (Å²) in [6.07, 6.45) is 12.6. The molecule has 0 saturated heterocycles. The first-order valence-corrected chi connectivity index (χ1v) is 15.6. The summed E-state index contributed by atoms with van der Waals surface area (Å²) in [5, 5.41) is 18.6. The third-order valence-electron chi connectivity index (χ3n) is 11.1. The van der Waals surface area contributed by atoms with Crippen LogP contribution in [0, 0.1) is 34.5 Å². The minimum absolute atomic E-state index is 0.142. The van der Waals surface area contributed by atoms with E-state index in [0.29, 0.717) is 36.4 Å². The highest BCUT2D eigenvalue weighted by atomic mass is 16.6. The van der Waals surface area contributed by atoms with Crippen LogP contribution in [-0.2, 0) is 24.0 Å². The van der Waals surface area contributed by atoms with E-state index in [0.717, 1.165) is 50.7 Å². The highest BCUT2D eigenvalue weighted by Gasteiger charge is 2.59. The number of Topliss-reactive ketones (excluding diaryl/α,β-unsaturated/α-hetero) is 1. The van der Waals surface area contributed by atoms with E-state index in [1.165, 1.54) is 25.3 Å². The summed E-state index contributed by atoms with van der Waals surface area (Å²) in [6, 6.07) is -1.86. The number of hydrogen-bond acceptors (Lipinski definition) is 6. The molecule has 0 aromatic rings. The van der Waals surface area contributed by atoms with Crippen molar-refractivity contribution in [1.82, 2.24) is 10.6 Å². The van der Waals surface area contributed by atoms with E-state index in [1.54, 1.807) is 6.92 Å². The Morgan fingerprint density at radius 3 is 2.51 bits per heavy atom. The van der Waals surface area contributed by atoms with Crippen LogP contribution in [-0.4, -0.2) is 53.1 Å². The Labute approximate surface area is 244 Å². The van der Waals surface area contributed by atoms with Crippen molar-refractivity contribution in [2.75, 3.05) is 6.61 Å². The minimum Gasteiger partial charge on any atom is -0.480 e. The Bertz CT molecular complexity index is 1100. The van der Waals surface area contributed by atoms with Gasteiger partial charge in [0, 0.05) is 5.92 Å². The molecular weight excluding hydrogens is 522 g/mol. The first-order valence-electron chi connectivity index (χ1n) is 15.6.